The number of aryl methyl sites for hydroxylation is 1. The molecule has 0 aliphatic rings. The highest BCUT2D eigenvalue weighted by molar-refractivity contribution is 5.54. The van der Waals surface area contributed by atoms with Crippen molar-refractivity contribution >= 4 is 11.4 Å². The first-order chi connectivity index (χ1) is 9.33. The van der Waals surface area contributed by atoms with Gasteiger partial charge in [0.05, 0.1) is 36.0 Å². The van der Waals surface area contributed by atoms with Gasteiger partial charge in [-0.3, -0.25) is 9.97 Å². The smallest absolute Gasteiger partial charge is 0.0626 e. The van der Waals surface area contributed by atoms with Gasteiger partial charge in [-0.2, -0.15) is 0 Å². The van der Waals surface area contributed by atoms with E-state index in [1.165, 1.54) is 5.56 Å². The van der Waals surface area contributed by atoms with Crippen LogP contribution in [0.25, 0.3) is 0 Å². The van der Waals surface area contributed by atoms with Crippen molar-refractivity contribution in [1.82, 2.24) is 9.97 Å². The van der Waals surface area contributed by atoms with Crippen molar-refractivity contribution in [2.24, 2.45) is 0 Å². The van der Waals surface area contributed by atoms with Gasteiger partial charge in [0.25, 0.3) is 0 Å². The summed E-state index contributed by atoms with van der Waals surface area (Å²) in [5.74, 6) is 0. The van der Waals surface area contributed by atoms with Crippen molar-refractivity contribution in [2.45, 2.75) is 26.8 Å². The first-order valence-electron chi connectivity index (χ1n) is 6.69. The fourth-order valence-electron chi connectivity index (χ4n) is 1.98. The Morgan fingerprint density at radius 2 is 1.89 bits per heavy atom. The molecule has 0 fully saturated rings. The molecule has 4 heteroatoms. The number of nitrogens with one attached hydrogen (secondary N) is 2. The standard InChI is InChI=1S/C15H20N4/c1-3-12-6-5-7-18-15(12)11-19-14-8-13(17-4-2)9-16-10-14/h5-10,17,19H,3-4,11H2,1-2H3. The van der Waals surface area contributed by atoms with Crippen molar-refractivity contribution in [1.29, 1.82) is 0 Å². The van der Waals surface area contributed by atoms with Crippen LogP contribution in [0.3, 0.4) is 0 Å². The van der Waals surface area contributed by atoms with Gasteiger partial charge >= 0.3 is 0 Å². The summed E-state index contributed by atoms with van der Waals surface area (Å²) >= 11 is 0. The largest absolute Gasteiger partial charge is 0.384 e. The molecule has 2 aromatic heterocycles. The average Bonchev–Trinajstić information content (AvgIpc) is 2.46. The zero-order valence-corrected chi connectivity index (χ0v) is 11.5. The molecule has 19 heavy (non-hydrogen) atoms. The zero-order chi connectivity index (χ0) is 13.5. The molecule has 0 atom stereocenters. The third kappa shape index (κ3) is 3.68. The second-order valence-electron chi connectivity index (χ2n) is 4.31. The molecular weight excluding hydrogens is 236 g/mol. The van der Waals surface area contributed by atoms with Crippen molar-refractivity contribution < 1.29 is 0 Å². The maximum atomic E-state index is 4.42. The Kier molecular flexibility index (Phi) is 4.72. The van der Waals surface area contributed by atoms with Crippen LogP contribution in [0.1, 0.15) is 25.1 Å². The van der Waals surface area contributed by atoms with E-state index in [9.17, 15) is 0 Å². The molecule has 0 saturated heterocycles. The minimum atomic E-state index is 0.723. The van der Waals surface area contributed by atoms with Crippen LogP contribution in [0.5, 0.6) is 0 Å². The summed E-state index contributed by atoms with van der Waals surface area (Å²) in [6.07, 6.45) is 6.49. The molecule has 2 rings (SSSR count). The van der Waals surface area contributed by atoms with Crippen LogP contribution < -0.4 is 10.6 Å². The number of hydrogen-bond acceptors (Lipinski definition) is 4. The lowest BCUT2D eigenvalue weighted by molar-refractivity contribution is 0.970. The maximum absolute atomic E-state index is 4.42. The summed E-state index contributed by atoms with van der Waals surface area (Å²) in [6.45, 7) is 5.84. The Morgan fingerprint density at radius 1 is 1.11 bits per heavy atom. The third-order valence-corrected chi connectivity index (χ3v) is 2.94. The molecule has 0 aromatic carbocycles. The maximum Gasteiger partial charge on any atom is 0.0626 e. The summed E-state index contributed by atoms with van der Waals surface area (Å²) in [7, 11) is 0. The van der Waals surface area contributed by atoms with Crippen molar-refractivity contribution in [2.75, 3.05) is 17.2 Å². The minimum Gasteiger partial charge on any atom is -0.384 e. The molecule has 4 nitrogen and oxygen atoms in total. The second-order valence-corrected chi connectivity index (χ2v) is 4.31. The normalized spacial score (nSPS) is 10.2. The van der Waals surface area contributed by atoms with E-state index < -0.39 is 0 Å². The van der Waals surface area contributed by atoms with E-state index in [2.05, 4.69) is 46.6 Å². The summed E-state index contributed by atoms with van der Waals surface area (Å²) in [6, 6.07) is 6.16. The molecule has 0 aliphatic carbocycles. The van der Waals surface area contributed by atoms with Gasteiger partial charge in [-0.1, -0.05) is 13.0 Å². The Morgan fingerprint density at radius 3 is 2.63 bits per heavy atom. The van der Waals surface area contributed by atoms with Crippen LogP contribution in [0.2, 0.25) is 0 Å². The lowest BCUT2D eigenvalue weighted by Crippen LogP contribution is -2.06. The molecule has 0 bridgehead atoms. The fraction of sp³-hybridized carbons (Fsp3) is 0.333. The van der Waals surface area contributed by atoms with Crippen LogP contribution >= 0.6 is 0 Å². The lowest BCUT2D eigenvalue weighted by atomic mass is 10.1. The van der Waals surface area contributed by atoms with Crippen LogP contribution in [-0.2, 0) is 13.0 Å². The lowest BCUT2D eigenvalue weighted by Gasteiger charge is -2.10. The predicted molar refractivity (Wildman–Crippen MR) is 79.3 cm³/mol. The first-order valence-corrected chi connectivity index (χ1v) is 6.69. The molecule has 0 amide bonds. The van der Waals surface area contributed by atoms with Gasteiger partial charge in [-0.25, -0.2) is 0 Å². The molecule has 0 aliphatic heterocycles. The molecular formula is C15H20N4. The fourth-order valence-corrected chi connectivity index (χ4v) is 1.98. The molecule has 0 unspecified atom stereocenters. The summed E-state index contributed by atoms with van der Waals surface area (Å²) in [5.41, 5.74) is 4.42. The number of hydrogen-bond donors (Lipinski definition) is 2. The van der Waals surface area contributed by atoms with E-state index in [-0.39, 0.29) is 0 Å². The van der Waals surface area contributed by atoms with Crippen LogP contribution in [0, 0.1) is 0 Å². The number of nitrogens with zero attached hydrogens (tertiary/aromatic N) is 2. The van der Waals surface area contributed by atoms with E-state index in [1.54, 1.807) is 0 Å². The topological polar surface area (TPSA) is 49.8 Å². The SMILES string of the molecule is CCNc1cncc(NCc2ncccc2CC)c1. The average molecular weight is 256 g/mol. The number of anilines is 2. The van der Waals surface area contributed by atoms with Gasteiger partial charge in [0, 0.05) is 12.7 Å². The Labute approximate surface area is 114 Å². The van der Waals surface area contributed by atoms with E-state index in [1.807, 2.05) is 24.7 Å². The summed E-state index contributed by atoms with van der Waals surface area (Å²) < 4.78 is 0. The quantitative estimate of drug-likeness (QED) is 0.834. The highest BCUT2D eigenvalue weighted by Crippen LogP contribution is 2.14. The number of pyridine rings is 2. The van der Waals surface area contributed by atoms with Crippen molar-refractivity contribution in [3.63, 3.8) is 0 Å². The van der Waals surface area contributed by atoms with Crippen LogP contribution in [0.4, 0.5) is 11.4 Å². The molecule has 0 saturated carbocycles. The predicted octanol–water partition coefficient (Wildman–Crippen LogP) is 3.08. The van der Waals surface area contributed by atoms with Crippen molar-refractivity contribution in [3.8, 4) is 0 Å². The summed E-state index contributed by atoms with van der Waals surface area (Å²) in [5, 5.41) is 6.62. The highest BCUT2D eigenvalue weighted by Gasteiger charge is 2.02. The summed E-state index contributed by atoms with van der Waals surface area (Å²) in [4.78, 5) is 8.64. The highest BCUT2D eigenvalue weighted by atomic mass is 14.9. The Hall–Kier alpha value is -2.10. The Bertz CT molecular complexity index is 525. The van der Waals surface area contributed by atoms with Gasteiger partial charge in [0.2, 0.25) is 0 Å². The molecule has 0 spiro atoms. The first kappa shape index (κ1) is 13.3. The van der Waals surface area contributed by atoms with Gasteiger partial charge < -0.3 is 10.6 Å². The molecule has 0 radical (unpaired) electrons. The van der Waals surface area contributed by atoms with Crippen LogP contribution in [-0.4, -0.2) is 16.5 Å². The van der Waals surface area contributed by atoms with E-state index in [4.69, 9.17) is 0 Å². The van der Waals surface area contributed by atoms with E-state index in [0.717, 1.165) is 36.6 Å². The number of aromatic nitrogens is 2. The van der Waals surface area contributed by atoms with E-state index >= 15 is 0 Å². The Balaban J connectivity index is 2.03. The van der Waals surface area contributed by atoms with Crippen molar-refractivity contribution in [3.05, 3.63) is 48.0 Å². The molecule has 2 aromatic rings. The van der Waals surface area contributed by atoms with Gasteiger partial charge in [0.15, 0.2) is 0 Å². The molecule has 2 heterocycles. The monoisotopic (exact) mass is 256 g/mol. The van der Waals surface area contributed by atoms with Gasteiger partial charge in [-0.15, -0.1) is 0 Å². The number of rotatable bonds is 6. The van der Waals surface area contributed by atoms with Crippen LogP contribution in [0.15, 0.2) is 36.8 Å². The second kappa shape index (κ2) is 6.73. The third-order valence-electron chi connectivity index (χ3n) is 2.94. The molecule has 100 valence electrons. The van der Waals surface area contributed by atoms with Gasteiger partial charge in [0.1, 0.15) is 0 Å². The minimum absolute atomic E-state index is 0.723. The van der Waals surface area contributed by atoms with E-state index in [0.29, 0.717) is 0 Å². The molecule has 2 N–H and O–H groups in total. The zero-order valence-electron chi connectivity index (χ0n) is 11.5. The van der Waals surface area contributed by atoms with Gasteiger partial charge in [-0.05, 0) is 31.0 Å².